The van der Waals surface area contributed by atoms with Gasteiger partial charge in [-0.2, -0.15) is 5.10 Å². The lowest BCUT2D eigenvalue weighted by atomic mass is 9.85. The van der Waals surface area contributed by atoms with Crippen molar-refractivity contribution in [3.05, 3.63) is 35.8 Å². The first-order chi connectivity index (χ1) is 13.2. The summed E-state index contributed by atoms with van der Waals surface area (Å²) in [6.07, 6.45) is 8.60. The first-order valence-corrected chi connectivity index (χ1v) is 10.6. The summed E-state index contributed by atoms with van der Waals surface area (Å²) >= 11 is 0. The molecule has 3 atom stereocenters. The van der Waals surface area contributed by atoms with Crippen LogP contribution in [0.2, 0.25) is 0 Å². The van der Waals surface area contributed by atoms with Gasteiger partial charge in [-0.1, -0.05) is 27.7 Å². The van der Waals surface area contributed by atoms with Gasteiger partial charge in [0.1, 0.15) is 5.76 Å². The SMILES string of the molecule is CCN1CCC[C@@H](CN(C)C(C)c2ncc(C(C)(C)C)o2)[C@@H]1c1cnn(C)c1. The van der Waals surface area contributed by atoms with Crippen molar-refractivity contribution in [3.63, 3.8) is 0 Å². The molecule has 2 aromatic heterocycles. The Balaban J connectivity index is 1.75. The topological polar surface area (TPSA) is 50.3 Å². The average molecular weight is 388 g/mol. The summed E-state index contributed by atoms with van der Waals surface area (Å²) in [7, 11) is 4.19. The van der Waals surface area contributed by atoms with Crippen molar-refractivity contribution >= 4 is 0 Å². The Bertz CT molecular complexity index is 759. The molecule has 6 heteroatoms. The van der Waals surface area contributed by atoms with Gasteiger partial charge in [0.15, 0.2) is 0 Å². The van der Waals surface area contributed by atoms with Gasteiger partial charge in [0.2, 0.25) is 5.89 Å². The number of nitrogens with zero attached hydrogens (tertiary/aromatic N) is 5. The molecule has 0 bridgehead atoms. The van der Waals surface area contributed by atoms with Crippen LogP contribution in [0.4, 0.5) is 0 Å². The molecule has 1 aliphatic rings. The van der Waals surface area contributed by atoms with Gasteiger partial charge in [-0.25, -0.2) is 4.98 Å². The number of hydrogen-bond acceptors (Lipinski definition) is 5. The summed E-state index contributed by atoms with van der Waals surface area (Å²) in [4.78, 5) is 9.57. The molecule has 0 N–H and O–H groups in total. The zero-order chi connectivity index (χ0) is 20.5. The predicted molar refractivity (Wildman–Crippen MR) is 112 cm³/mol. The third kappa shape index (κ3) is 4.49. The van der Waals surface area contributed by atoms with Crippen LogP contribution in [0.5, 0.6) is 0 Å². The lowest BCUT2D eigenvalue weighted by molar-refractivity contribution is 0.0644. The molecule has 2 aromatic rings. The maximum absolute atomic E-state index is 6.10. The van der Waals surface area contributed by atoms with E-state index in [0.717, 1.165) is 24.7 Å². The van der Waals surface area contributed by atoms with E-state index in [4.69, 9.17) is 4.42 Å². The van der Waals surface area contributed by atoms with Gasteiger partial charge in [-0.15, -0.1) is 0 Å². The van der Waals surface area contributed by atoms with Crippen LogP contribution in [0, 0.1) is 5.92 Å². The Labute approximate surface area is 169 Å². The summed E-state index contributed by atoms with van der Waals surface area (Å²) in [5, 5.41) is 4.43. The van der Waals surface area contributed by atoms with Gasteiger partial charge in [-0.3, -0.25) is 14.5 Å². The normalized spacial score (nSPS) is 22.7. The molecule has 0 spiro atoms. The highest BCUT2D eigenvalue weighted by atomic mass is 16.4. The molecule has 0 amide bonds. The molecule has 1 aliphatic heterocycles. The quantitative estimate of drug-likeness (QED) is 0.744. The van der Waals surface area contributed by atoms with Crippen molar-refractivity contribution in [1.82, 2.24) is 24.6 Å². The molecule has 1 unspecified atom stereocenters. The number of aryl methyl sites for hydroxylation is 1. The second-order valence-corrected chi connectivity index (χ2v) is 9.35. The smallest absolute Gasteiger partial charge is 0.211 e. The van der Waals surface area contributed by atoms with Crippen LogP contribution >= 0.6 is 0 Å². The second kappa shape index (κ2) is 8.37. The third-order valence-corrected chi connectivity index (χ3v) is 6.14. The number of piperidine rings is 1. The van der Waals surface area contributed by atoms with Crippen molar-refractivity contribution in [2.75, 3.05) is 26.7 Å². The highest BCUT2D eigenvalue weighted by Gasteiger charge is 2.34. The molecule has 3 rings (SSSR count). The number of likely N-dealkylation sites (tertiary alicyclic amines) is 1. The van der Waals surface area contributed by atoms with Gasteiger partial charge < -0.3 is 4.42 Å². The Hall–Kier alpha value is -1.66. The molecule has 6 nitrogen and oxygen atoms in total. The molecule has 0 saturated carbocycles. The Morgan fingerprint density at radius 2 is 2.07 bits per heavy atom. The van der Waals surface area contributed by atoms with Crippen LogP contribution in [-0.2, 0) is 12.5 Å². The fourth-order valence-electron chi connectivity index (χ4n) is 4.32. The van der Waals surface area contributed by atoms with Crippen LogP contribution in [-0.4, -0.2) is 51.2 Å². The van der Waals surface area contributed by atoms with E-state index in [1.54, 1.807) is 0 Å². The summed E-state index contributed by atoms with van der Waals surface area (Å²) in [5.74, 6) is 2.33. The minimum Gasteiger partial charge on any atom is -0.443 e. The maximum atomic E-state index is 6.10. The standard InChI is InChI=1S/C22H37N5O/c1-8-27-11-9-10-17(20(27)18-12-24-26(7)15-18)14-25(6)16(2)21-23-13-19(28-21)22(3,4)5/h12-13,15-17,20H,8-11,14H2,1-7H3/t16?,17-,20+/m0/s1. The predicted octanol–water partition coefficient (Wildman–Crippen LogP) is 4.17. The number of rotatable bonds is 6. The highest BCUT2D eigenvalue weighted by molar-refractivity contribution is 5.14. The molecule has 156 valence electrons. The van der Waals surface area contributed by atoms with E-state index in [1.165, 1.54) is 24.9 Å². The van der Waals surface area contributed by atoms with Crippen molar-refractivity contribution in [2.45, 2.75) is 65.0 Å². The highest BCUT2D eigenvalue weighted by Crippen LogP contribution is 2.37. The minimum absolute atomic E-state index is 0.0139. The molecule has 3 heterocycles. The zero-order valence-electron chi connectivity index (χ0n) is 18.6. The van der Waals surface area contributed by atoms with Gasteiger partial charge >= 0.3 is 0 Å². The van der Waals surface area contributed by atoms with Crippen molar-refractivity contribution < 1.29 is 4.42 Å². The lowest BCUT2D eigenvalue weighted by Gasteiger charge is -2.42. The van der Waals surface area contributed by atoms with Crippen LogP contribution < -0.4 is 0 Å². The Morgan fingerprint density at radius 3 is 2.64 bits per heavy atom. The van der Waals surface area contributed by atoms with Crippen LogP contribution in [0.1, 0.15) is 76.8 Å². The minimum atomic E-state index is -0.0139. The van der Waals surface area contributed by atoms with E-state index in [1.807, 2.05) is 24.1 Å². The van der Waals surface area contributed by atoms with Crippen LogP contribution in [0.15, 0.2) is 23.0 Å². The first-order valence-electron chi connectivity index (χ1n) is 10.6. The van der Waals surface area contributed by atoms with E-state index in [0.29, 0.717) is 12.0 Å². The van der Waals surface area contributed by atoms with Gasteiger partial charge in [-0.05, 0) is 45.8 Å². The second-order valence-electron chi connectivity index (χ2n) is 9.35. The molecule has 1 fully saturated rings. The molecule has 0 aromatic carbocycles. The number of oxazole rings is 1. The largest absolute Gasteiger partial charge is 0.443 e. The van der Waals surface area contributed by atoms with E-state index < -0.39 is 0 Å². The van der Waals surface area contributed by atoms with E-state index in [-0.39, 0.29) is 11.5 Å². The summed E-state index contributed by atoms with van der Waals surface area (Å²) in [5.41, 5.74) is 1.32. The first kappa shape index (κ1) is 21.1. The molecule has 0 aliphatic carbocycles. The molecule has 0 radical (unpaired) electrons. The van der Waals surface area contributed by atoms with E-state index in [2.05, 4.69) is 67.7 Å². The Morgan fingerprint density at radius 1 is 1.32 bits per heavy atom. The summed E-state index contributed by atoms with van der Waals surface area (Å²) < 4.78 is 8.02. The fourth-order valence-corrected chi connectivity index (χ4v) is 4.32. The Kier molecular flexibility index (Phi) is 6.30. The molecular formula is C22H37N5O. The molecular weight excluding hydrogens is 350 g/mol. The summed E-state index contributed by atoms with van der Waals surface area (Å²) in [6.45, 7) is 14.2. The van der Waals surface area contributed by atoms with Gasteiger partial charge in [0, 0.05) is 36.8 Å². The van der Waals surface area contributed by atoms with Crippen molar-refractivity contribution in [1.29, 1.82) is 0 Å². The van der Waals surface area contributed by atoms with Crippen molar-refractivity contribution in [2.24, 2.45) is 13.0 Å². The van der Waals surface area contributed by atoms with Gasteiger partial charge in [0.25, 0.3) is 0 Å². The van der Waals surface area contributed by atoms with Crippen LogP contribution in [0.25, 0.3) is 0 Å². The zero-order valence-corrected chi connectivity index (χ0v) is 18.6. The maximum Gasteiger partial charge on any atom is 0.211 e. The van der Waals surface area contributed by atoms with E-state index in [9.17, 15) is 0 Å². The number of hydrogen-bond donors (Lipinski definition) is 0. The molecule has 28 heavy (non-hydrogen) atoms. The lowest BCUT2D eigenvalue weighted by Crippen LogP contribution is -2.43. The fraction of sp³-hybridized carbons (Fsp3) is 0.727. The van der Waals surface area contributed by atoms with Crippen LogP contribution in [0.3, 0.4) is 0 Å². The van der Waals surface area contributed by atoms with Crippen molar-refractivity contribution in [3.8, 4) is 0 Å². The summed E-state index contributed by atoms with van der Waals surface area (Å²) in [6, 6.07) is 0.583. The third-order valence-electron chi connectivity index (χ3n) is 6.14. The molecule has 1 saturated heterocycles. The monoisotopic (exact) mass is 387 g/mol. The average Bonchev–Trinajstić information content (AvgIpc) is 3.29. The van der Waals surface area contributed by atoms with E-state index >= 15 is 0 Å². The number of aromatic nitrogens is 3. The van der Waals surface area contributed by atoms with Gasteiger partial charge in [0.05, 0.1) is 18.4 Å².